The van der Waals surface area contributed by atoms with Crippen LogP contribution in [-0.4, -0.2) is 28.2 Å². The van der Waals surface area contributed by atoms with E-state index in [1.807, 2.05) is 52.5 Å². The van der Waals surface area contributed by atoms with Gasteiger partial charge in [-0.25, -0.2) is 5.53 Å². The van der Waals surface area contributed by atoms with Crippen molar-refractivity contribution in [1.82, 2.24) is 0 Å². The Bertz CT molecular complexity index is 534. The number of nitrogens with one attached hydrogen (secondary N) is 1. The number of anilines is 2. The fraction of sp³-hybridized carbons (Fsp3) is 0.294. The van der Waals surface area contributed by atoms with Gasteiger partial charge in [0.1, 0.15) is 6.04 Å². The van der Waals surface area contributed by atoms with Crippen LogP contribution in [0, 0.1) is 5.53 Å². The minimum Gasteiger partial charge on any atom is -0.378 e. The van der Waals surface area contributed by atoms with Gasteiger partial charge in [-0.2, -0.15) is 5.11 Å². The second kappa shape index (κ2) is 6.39. The highest BCUT2D eigenvalue weighted by Crippen LogP contribution is 2.28. The molecule has 0 unspecified atom stereocenters. The molecule has 2 aromatic carbocycles. The predicted molar refractivity (Wildman–Crippen MR) is 88.5 cm³/mol. The molecule has 0 bridgehead atoms. The SMILES string of the molecule is CN(C)c1ccc(C(N=N)c2ccc(N(C)C)cc2)cc1. The number of rotatable bonds is 5. The summed E-state index contributed by atoms with van der Waals surface area (Å²) in [5.74, 6) is 0. The Labute approximate surface area is 126 Å². The van der Waals surface area contributed by atoms with Gasteiger partial charge < -0.3 is 9.80 Å². The molecule has 4 heteroatoms. The van der Waals surface area contributed by atoms with Crippen LogP contribution in [0.2, 0.25) is 0 Å². The second-order valence-corrected chi connectivity index (χ2v) is 5.50. The first kappa shape index (κ1) is 15.0. The minimum absolute atomic E-state index is 0.238. The maximum absolute atomic E-state index is 7.52. The molecule has 0 fully saturated rings. The maximum atomic E-state index is 7.52. The van der Waals surface area contributed by atoms with Crippen molar-refractivity contribution in [2.45, 2.75) is 6.04 Å². The lowest BCUT2D eigenvalue weighted by Gasteiger charge is -2.17. The van der Waals surface area contributed by atoms with Crippen molar-refractivity contribution in [3.63, 3.8) is 0 Å². The van der Waals surface area contributed by atoms with Crippen LogP contribution < -0.4 is 9.80 Å². The van der Waals surface area contributed by atoms with E-state index < -0.39 is 0 Å². The summed E-state index contributed by atoms with van der Waals surface area (Å²) in [7, 11) is 8.06. The van der Waals surface area contributed by atoms with Crippen LogP contribution in [0.5, 0.6) is 0 Å². The van der Waals surface area contributed by atoms with Crippen LogP contribution in [0.15, 0.2) is 53.6 Å². The van der Waals surface area contributed by atoms with Crippen LogP contribution in [0.25, 0.3) is 0 Å². The van der Waals surface area contributed by atoms with E-state index in [-0.39, 0.29) is 6.04 Å². The first-order valence-corrected chi connectivity index (χ1v) is 6.94. The van der Waals surface area contributed by atoms with E-state index in [0.29, 0.717) is 0 Å². The summed E-state index contributed by atoms with van der Waals surface area (Å²) in [5.41, 5.74) is 11.9. The predicted octanol–water partition coefficient (Wildman–Crippen LogP) is 3.94. The molecular weight excluding hydrogens is 260 g/mol. The lowest BCUT2D eigenvalue weighted by Crippen LogP contribution is -2.09. The van der Waals surface area contributed by atoms with E-state index >= 15 is 0 Å². The van der Waals surface area contributed by atoms with Gasteiger partial charge in [0, 0.05) is 39.6 Å². The van der Waals surface area contributed by atoms with Crippen molar-refractivity contribution < 1.29 is 0 Å². The average Bonchev–Trinajstić information content (AvgIpc) is 2.49. The first-order chi connectivity index (χ1) is 10.0. The van der Waals surface area contributed by atoms with Gasteiger partial charge in [-0.3, -0.25) is 0 Å². The normalized spacial score (nSPS) is 10.5. The second-order valence-electron chi connectivity index (χ2n) is 5.50. The van der Waals surface area contributed by atoms with Crippen molar-refractivity contribution in [2.24, 2.45) is 5.11 Å². The molecule has 0 radical (unpaired) electrons. The van der Waals surface area contributed by atoms with E-state index in [2.05, 4.69) is 39.2 Å². The molecule has 2 rings (SSSR count). The van der Waals surface area contributed by atoms with E-state index in [9.17, 15) is 0 Å². The van der Waals surface area contributed by atoms with Gasteiger partial charge in [-0.1, -0.05) is 24.3 Å². The fourth-order valence-electron chi connectivity index (χ4n) is 2.25. The summed E-state index contributed by atoms with van der Waals surface area (Å²) in [4.78, 5) is 4.12. The smallest absolute Gasteiger partial charge is 0.121 e. The van der Waals surface area contributed by atoms with Crippen LogP contribution in [0.4, 0.5) is 11.4 Å². The van der Waals surface area contributed by atoms with Crippen molar-refractivity contribution in [3.05, 3.63) is 59.7 Å². The number of benzene rings is 2. The number of hydrogen-bond acceptors (Lipinski definition) is 4. The lowest BCUT2D eigenvalue weighted by molar-refractivity contribution is 0.775. The zero-order valence-electron chi connectivity index (χ0n) is 13.0. The van der Waals surface area contributed by atoms with Gasteiger partial charge in [0.15, 0.2) is 0 Å². The molecule has 2 aromatic rings. The molecular formula is C17H22N4. The van der Waals surface area contributed by atoms with Crippen molar-refractivity contribution in [3.8, 4) is 0 Å². The Morgan fingerprint density at radius 1 is 0.714 bits per heavy atom. The third-order valence-electron chi connectivity index (χ3n) is 3.58. The summed E-state index contributed by atoms with van der Waals surface area (Å²) < 4.78 is 0. The molecule has 110 valence electrons. The van der Waals surface area contributed by atoms with Crippen LogP contribution in [0.1, 0.15) is 17.2 Å². The Balaban J connectivity index is 2.28. The Kier molecular flexibility index (Phi) is 4.58. The third-order valence-corrected chi connectivity index (χ3v) is 3.58. The zero-order chi connectivity index (χ0) is 15.4. The Morgan fingerprint density at radius 2 is 1.05 bits per heavy atom. The van der Waals surface area contributed by atoms with Crippen LogP contribution >= 0.6 is 0 Å². The van der Waals surface area contributed by atoms with Gasteiger partial charge in [-0.15, -0.1) is 0 Å². The lowest BCUT2D eigenvalue weighted by atomic mass is 9.99. The third kappa shape index (κ3) is 3.40. The molecule has 0 saturated heterocycles. The highest BCUT2D eigenvalue weighted by Gasteiger charge is 2.13. The standard InChI is InChI=1S/C17H22N4/c1-20(2)15-9-5-13(6-10-15)17(19-18)14-7-11-16(12-8-14)21(3)4/h5-12,17-18H,1-4H3. The number of nitrogens with zero attached hydrogens (tertiary/aromatic N) is 3. The van der Waals surface area contributed by atoms with Crippen molar-refractivity contribution >= 4 is 11.4 Å². The maximum Gasteiger partial charge on any atom is 0.121 e. The largest absolute Gasteiger partial charge is 0.378 e. The number of hydrogen-bond donors (Lipinski definition) is 1. The quantitative estimate of drug-likeness (QED) is 0.844. The summed E-state index contributed by atoms with van der Waals surface area (Å²) in [5, 5.41) is 3.80. The molecule has 0 aliphatic heterocycles. The molecule has 0 saturated carbocycles. The van der Waals surface area contributed by atoms with Crippen molar-refractivity contribution in [2.75, 3.05) is 38.0 Å². The molecule has 0 heterocycles. The highest BCUT2D eigenvalue weighted by atomic mass is 15.1. The van der Waals surface area contributed by atoms with Gasteiger partial charge in [0.05, 0.1) is 0 Å². The highest BCUT2D eigenvalue weighted by molar-refractivity contribution is 5.50. The van der Waals surface area contributed by atoms with Gasteiger partial charge in [0.25, 0.3) is 0 Å². The monoisotopic (exact) mass is 282 g/mol. The van der Waals surface area contributed by atoms with Crippen LogP contribution in [0.3, 0.4) is 0 Å². The molecule has 0 amide bonds. The van der Waals surface area contributed by atoms with E-state index in [1.165, 1.54) is 0 Å². The Hall–Kier alpha value is -2.36. The Morgan fingerprint density at radius 3 is 1.29 bits per heavy atom. The summed E-state index contributed by atoms with van der Waals surface area (Å²) in [6.45, 7) is 0. The zero-order valence-corrected chi connectivity index (χ0v) is 13.0. The van der Waals surface area contributed by atoms with E-state index in [0.717, 1.165) is 22.5 Å². The van der Waals surface area contributed by atoms with Crippen molar-refractivity contribution in [1.29, 1.82) is 5.53 Å². The topological polar surface area (TPSA) is 42.7 Å². The molecule has 0 aromatic heterocycles. The van der Waals surface area contributed by atoms with Gasteiger partial charge in [0.2, 0.25) is 0 Å². The summed E-state index contributed by atoms with van der Waals surface area (Å²) >= 11 is 0. The molecule has 0 spiro atoms. The molecule has 4 nitrogen and oxygen atoms in total. The van der Waals surface area contributed by atoms with Gasteiger partial charge in [-0.05, 0) is 35.4 Å². The van der Waals surface area contributed by atoms with E-state index in [1.54, 1.807) is 0 Å². The first-order valence-electron chi connectivity index (χ1n) is 6.94. The van der Waals surface area contributed by atoms with E-state index in [4.69, 9.17) is 5.53 Å². The molecule has 0 aliphatic carbocycles. The van der Waals surface area contributed by atoms with Crippen LogP contribution in [-0.2, 0) is 0 Å². The summed E-state index contributed by atoms with van der Waals surface area (Å²) in [6.07, 6.45) is 0. The summed E-state index contributed by atoms with van der Waals surface area (Å²) in [6, 6.07) is 16.1. The minimum atomic E-state index is -0.238. The molecule has 21 heavy (non-hydrogen) atoms. The fourth-order valence-corrected chi connectivity index (χ4v) is 2.25. The average molecular weight is 282 g/mol. The molecule has 1 N–H and O–H groups in total. The van der Waals surface area contributed by atoms with Gasteiger partial charge >= 0.3 is 0 Å². The molecule has 0 atom stereocenters. The molecule has 0 aliphatic rings.